The Balaban J connectivity index is 2.06. The zero-order valence-corrected chi connectivity index (χ0v) is 10.8. The van der Waals surface area contributed by atoms with Crippen LogP contribution in [0.3, 0.4) is 0 Å². The molecule has 0 fully saturated rings. The Kier molecular flexibility index (Phi) is 4.28. The fourth-order valence-electron chi connectivity index (χ4n) is 2.15. The third-order valence-corrected chi connectivity index (χ3v) is 3.18. The summed E-state index contributed by atoms with van der Waals surface area (Å²) in [5.41, 5.74) is 0.445. The lowest BCUT2D eigenvalue weighted by molar-refractivity contribution is -0.141. The van der Waals surface area contributed by atoms with Crippen LogP contribution in [0.15, 0.2) is 23.8 Å². The zero-order chi connectivity index (χ0) is 14.6. The van der Waals surface area contributed by atoms with Gasteiger partial charge in [-0.1, -0.05) is 11.6 Å². The second-order valence-electron chi connectivity index (χ2n) is 4.63. The van der Waals surface area contributed by atoms with Gasteiger partial charge in [0.1, 0.15) is 17.6 Å². The molecule has 1 aliphatic carbocycles. The summed E-state index contributed by atoms with van der Waals surface area (Å²) in [6.45, 7) is 0.481. The largest absolute Gasteiger partial charge is 0.433 e. The fourth-order valence-corrected chi connectivity index (χ4v) is 2.15. The predicted molar refractivity (Wildman–Crippen MR) is 69.0 cm³/mol. The smallest absolute Gasteiger partial charge is 0.369 e. The summed E-state index contributed by atoms with van der Waals surface area (Å²) in [6, 6.07) is 3.81. The number of nitriles is 1. The van der Waals surface area contributed by atoms with Crippen molar-refractivity contribution in [2.45, 2.75) is 31.9 Å². The molecular weight excluding hydrogens is 267 g/mol. The number of rotatable bonds is 4. The maximum absolute atomic E-state index is 12.6. The number of halogens is 3. The summed E-state index contributed by atoms with van der Waals surface area (Å²) < 4.78 is 37.8. The standard InChI is InChI=1S/C14H14F3N3/c15-14(16,17)12-6-5-11(9-18)13(20-12)19-8-7-10-3-1-2-4-10/h3,5-6H,1-2,4,7-8H2,(H,19,20). The molecule has 20 heavy (non-hydrogen) atoms. The first-order chi connectivity index (χ1) is 9.50. The lowest BCUT2D eigenvalue weighted by atomic mass is 10.1. The second-order valence-corrected chi connectivity index (χ2v) is 4.63. The molecule has 1 N–H and O–H groups in total. The Morgan fingerprint density at radius 3 is 2.75 bits per heavy atom. The molecule has 3 nitrogen and oxygen atoms in total. The molecule has 0 saturated carbocycles. The van der Waals surface area contributed by atoms with E-state index in [2.05, 4.69) is 16.4 Å². The van der Waals surface area contributed by atoms with Gasteiger partial charge in [-0.2, -0.15) is 18.4 Å². The van der Waals surface area contributed by atoms with Crippen LogP contribution in [0.2, 0.25) is 0 Å². The van der Waals surface area contributed by atoms with E-state index in [1.54, 1.807) is 0 Å². The van der Waals surface area contributed by atoms with Crippen LogP contribution in [-0.4, -0.2) is 11.5 Å². The minimum Gasteiger partial charge on any atom is -0.369 e. The van der Waals surface area contributed by atoms with E-state index in [0.29, 0.717) is 6.54 Å². The van der Waals surface area contributed by atoms with E-state index in [0.717, 1.165) is 37.8 Å². The molecule has 0 atom stereocenters. The summed E-state index contributed by atoms with van der Waals surface area (Å²) in [6.07, 6.45) is 1.68. The zero-order valence-electron chi connectivity index (χ0n) is 10.8. The van der Waals surface area contributed by atoms with Gasteiger partial charge in [0.2, 0.25) is 0 Å². The van der Waals surface area contributed by atoms with E-state index in [1.807, 2.05) is 6.07 Å². The van der Waals surface area contributed by atoms with E-state index in [-0.39, 0.29) is 11.4 Å². The number of hydrogen-bond acceptors (Lipinski definition) is 3. The maximum Gasteiger partial charge on any atom is 0.433 e. The Hall–Kier alpha value is -2.03. The molecule has 0 aliphatic heterocycles. The van der Waals surface area contributed by atoms with Gasteiger partial charge in [-0.3, -0.25) is 0 Å². The number of alkyl halides is 3. The minimum atomic E-state index is -4.50. The molecule has 1 aromatic rings. The van der Waals surface area contributed by atoms with Crippen LogP contribution in [0, 0.1) is 11.3 Å². The van der Waals surface area contributed by atoms with Gasteiger partial charge in [-0.05, 0) is 37.8 Å². The second kappa shape index (κ2) is 5.95. The number of hydrogen-bond donors (Lipinski definition) is 1. The number of pyridine rings is 1. The van der Waals surface area contributed by atoms with Crippen LogP contribution in [0.25, 0.3) is 0 Å². The minimum absolute atomic E-state index is 0.000854. The van der Waals surface area contributed by atoms with Crippen molar-refractivity contribution >= 4 is 5.82 Å². The van der Waals surface area contributed by atoms with Gasteiger partial charge in [0.25, 0.3) is 0 Å². The Labute approximate surface area is 115 Å². The molecule has 106 valence electrons. The molecule has 2 rings (SSSR count). The molecule has 0 spiro atoms. The van der Waals surface area contributed by atoms with Crippen molar-refractivity contribution in [3.8, 4) is 6.07 Å². The predicted octanol–water partition coefficient (Wildman–Crippen LogP) is 3.88. The van der Waals surface area contributed by atoms with Crippen molar-refractivity contribution < 1.29 is 13.2 Å². The Morgan fingerprint density at radius 1 is 1.35 bits per heavy atom. The Morgan fingerprint density at radius 2 is 2.15 bits per heavy atom. The van der Waals surface area contributed by atoms with Gasteiger partial charge in [-0.15, -0.1) is 0 Å². The highest BCUT2D eigenvalue weighted by molar-refractivity contribution is 5.52. The average molecular weight is 281 g/mol. The van der Waals surface area contributed by atoms with E-state index >= 15 is 0 Å². The quantitative estimate of drug-likeness (QED) is 0.852. The molecule has 0 unspecified atom stereocenters. The molecule has 0 bridgehead atoms. The van der Waals surface area contributed by atoms with Crippen molar-refractivity contribution in [1.82, 2.24) is 4.98 Å². The van der Waals surface area contributed by atoms with Crippen LogP contribution in [0.1, 0.15) is 36.9 Å². The first-order valence-electron chi connectivity index (χ1n) is 6.41. The van der Waals surface area contributed by atoms with E-state index in [1.165, 1.54) is 5.57 Å². The first kappa shape index (κ1) is 14.4. The summed E-state index contributed by atoms with van der Waals surface area (Å²) >= 11 is 0. The maximum atomic E-state index is 12.6. The van der Waals surface area contributed by atoms with Crippen molar-refractivity contribution in [3.63, 3.8) is 0 Å². The van der Waals surface area contributed by atoms with Crippen molar-refractivity contribution in [3.05, 3.63) is 35.0 Å². The summed E-state index contributed by atoms with van der Waals surface area (Å²) in [7, 11) is 0. The van der Waals surface area contributed by atoms with Crippen LogP contribution in [0.5, 0.6) is 0 Å². The van der Waals surface area contributed by atoms with E-state index < -0.39 is 11.9 Å². The molecule has 1 heterocycles. The fraction of sp³-hybridized carbons (Fsp3) is 0.429. The van der Waals surface area contributed by atoms with E-state index in [9.17, 15) is 13.2 Å². The molecule has 0 aromatic carbocycles. The third kappa shape index (κ3) is 3.50. The van der Waals surface area contributed by atoms with Gasteiger partial charge in [0, 0.05) is 6.54 Å². The highest BCUT2D eigenvalue weighted by Crippen LogP contribution is 2.29. The summed E-state index contributed by atoms with van der Waals surface area (Å²) in [4.78, 5) is 3.50. The van der Waals surface area contributed by atoms with Crippen LogP contribution >= 0.6 is 0 Å². The lowest BCUT2D eigenvalue weighted by Gasteiger charge is -2.11. The molecule has 6 heteroatoms. The normalized spacial score (nSPS) is 14.8. The van der Waals surface area contributed by atoms with Crippen LogP contribution in [0.4, 0.5) is 19.0 Å². The summed E-state index contributed by atoms with van der Waals surface area (Å²) in [5, 5.41) is 11.7. The number of allylic oxidation sites excluding steroid dienone is 1. The van der Waals surface area contributed by atoms with Crippen LogP contribution in [-0.2, 0) is 6.18 Å². The molecular formula is C14H14F3N3. The molecule has 0 saturated heterocycles. The van der Waals surface area contributed by atoms with Gasteiger partial charge < -0.3 is 5.32 Å². The number of aromatic nitrogens is 1. The molecule has 0 amide bonds. The SMILES string of the molecule is N#Cc1ccc(C(F)(F)F)nc1NCCC1=CCCC1. The lowest BCUT2D eigenvalue weighted by Crippen LogP contribution is -2.12. The highest BCUT2D eigenvalue weighted by Gasteiger charge is 2.33. The molecule has 1 aliphatic rings. The van der Waals surface area contributed by atoms with Crippen molar-refractivity contribution in [1.29, 1.82) is 5.26 Å². The van der Waals surface area contributed by atoms with Crippen molar-refractivity contribution in [2.24, 2.45) is 0 Å². The third-order valence-electron chi connectivity index (χ3n) is 3.18. The summed E-state index contributed by atoms with van der Waals surface area (Å²) in [5.74, 6) is 0.000854. The van der Waals surface area contributed by atoms with Gasteiger partial charge in [0.05, 0.1) is 5.56 Å². The molecule has 1 aromatic heterocycles. The van der Waals surface area contributed by atoms with Crippen LogP contribution < -0.4 is 5.32 Å². The number of nitrogens with zero attached hydrogens (tertiary/aromatic N) is 2. The molecule has 0 radical (unpaired) electrons. The Bertz CT molecular complexity index is 556. The monoisotopic (exact) mass is 281 g/mol. The highest BCUT2D eigenvalue weighted by atomic mass is 19.4. The first-order valence-corrected chi connectivity index (χ1v) is 6.41. The number of nitrogens with one attached hydrogen (secondary N) is 1. The average Bonchev–Trinajstić information content (AvgIpc) is 2.90. The van der Waals surface area contributed by atoms with Gasteiger partial charge >= 0.3 is 6.18 Å². The van der Waals surface area contributed by atoms with Gasteiger partial charge in [-0.25, -0.2) is 4.98 Å². The number of anilines is 1. The van der Waals surface area contributed by atoms with Crippen molar-refractivity contribution in [2.75, 3.05) is 11.9 Å². The topological polar surface area (TPSA) is 48.7 Å². The van der Waals surface area contributed by atoms with E-state index in [4.69, 9.17) is 5.26 Å². The van der Waals surface area contributed by atoms with Gasteiger partial charge in [0.15, 0.2) is 0 Å².